The van der Waals surface area contributed by atoms with Crippen LogP contribution in [0.15, 0.2) is 134 Å². The molecule has 3 atom stereocenters. The molecule has 0 saturated carbocycles. The van der Waals surface area contributed by atoms with Crippen molar-refractivity contribution in [3.05, 3.63) is 134 Å². The predicted molar refractivity (Wildman–Crippen MR) is 316 cm³/mol. The predicted octanol–water partition coefficient (Wildman–Crippen LogP) is 17.4. The second-order valence-corrected chi connectivity index (χ2v) is 20.2. The SMILES string of the molecule is CC/C=C\C/C=C\C/C=C\C/C=C\C/C=C\CC(=O)OCC(COP(=O)(O)OCC(CO)OC(=O)C/C=C\C/C=C\C/C=C\C/C=C\C/C=C\CC)OC(=O)CCCCCCCCCCC/C=C\CCCCCCCC. The summed E-state index contributed by atoms with van der Waals surface area (Å²) < 4.78 is 39.3. The Morgan fingerprint density at radius 1 is 0.395 bits per heavy atom. The number of phosphoric ester groups is 1. The van der Waals surface area contributed by atoms with E-state index in [0.717, 1.165) is 77.0 Å². The standard InChI is InChI=1S/C64H103O11P/c1-4-7-10-13-16-19-22-25-28-29-30-31-34-37-40-43-46-49-52-55-64(68)75-61(57-71-62(66)53-50-47-44-41-38-35-32-26-23-20-17-14-11-8-5-2)59-73-76(69,70)72-58-60(56-65)74-63(67)54-51-48-45-42-39-36-33-27-24-21-18-15-12-9-6-3/h8-9,11-12,17-18,20-21,25-28,32-33,38-39,41-42,47-48,50-51,60-61,65H,4-7,10,13-16,19,22-24,29-31,34-37,40,43-46,49,52-59H2,1-3H3,(H,69,70)/b11-8-,12-9-,20-17-,21-18-,28-25-,32-26-,33-27-,41-38-,42-39-,50-47-,51-48-. The minimum absolute atomic E-state index is 0.0182. The van der Waals surface area contributed by atoms with Crippen LogP contribution in [0.3, 0.4) is 0 Å². The average molecular weight is 1080 g/mol. The Balaban J connectivity index is 4.90. The van der Waals surface area contributed by atoms with Crippen LogP contribution in [0.25, 0.3) is 0 Å². The Labute approximate surface area is 461 Å². The van der Waals surface area contributed by atoms with E-state index in [-0.39, 0.29) is 19.3 Å². The third kappa shape index (κ3) is 54.4. The van der Waals surface area contributed by atoms with Crippen LogP contribution in [-0.2, 0) is 42.2 Å². The smallest absolute Gasteiger partial charge is 0.461 e. The maximum atomic E-state index is 12.9. The number of carbonyl (C=O) groups is 3. The van der Waals surface area contributed by atoms with E-state index in [1.165, 1.54) is 77.0 Å². The van der Waals surface area contributed by atoms with Gasteiger partial charge in [-0.1, -0.05) is 231 Å². The summed E-state index contributed by atoms with van der Waals surface area (Å²) in [7, 11) is -4.80. The van der Waals surface area contributed by atoms with E-state index in [2.05, 4.69) is 112 Å². The first-order chi connectivity index (χ1) is 37.2. The molecule has 430 valence electrons. The van der Waals surface area contributed by atoms with Crippen molar-refractivity contribution in [2.75, 3.05) is 26.4 Å². The molecule has 0 fully saturated rings. The molecular formula is C64H103O11P. The molecule has 0 amide bonds. The fourth-order valence-electron chi connectivity index (χ4n) is 7.26. The largest absolute Gasteiger partial charge is 0.472 e. The number of hydrogen-bond acceptors (Lipinski definition) is 10. The molecule has 0 radical (unpaired) electrons. The van der Waals surface area contributed by atoms with Crippen molar-refractivity contribution < 1.29 is 52.2 Å². The number of aliphatic hydroxyl groups excluding tert-OH is 1. The molecule has 12 heteroatoms. The van der Waals surface area contributed by atoms with Crippen LogP contribution in [0.5, 0.6) is 0 Å². The molecule has 0 bridgehead atoms. The third-order valence-corrected chi connectivity index (χ3v) is 12.6. The van der Waals surface area contributed by atoms with E-state index >= 15 is 0 Å². The number of hydrogen-bond donors (Lipinski definition) is 2. The van der Waals surface area contributed by atoms with Crippen molar-refractivity contribution in [3.63, 3.8) is 0 Å². The van der Waals surface area contributed by atoms with Crippen molar-refractivity contribution >= 4 is 25.7 Å². The first kappa shape index (κ1) is 71.6. The van der Waals surface area contributed by atoms with Crippen molar-refractivity contribution in [2.45, 2.75) is 226 Å². The molecule has 0 aliphatic heterocycles. The number of allylic oxidation sites excluding steroid dienone is 20. The summed E-state index contributed by atoms with van der Waals surface area (Å²) in [5.74, 6) is -1.77. The zero-order valence-electron chi connectivity index (χ0n) is 47.4. The molecule has 0 aliphatic carbocycles. The lowest BCUT2D eigenvalue weighted by Gasteiger charge is -2.21. The van der Waals surface area contributed by atoms with E-state index in [0.29, 0.717) is 19.3 Å². The molecule has 76 heavy (non-hydrogen) atoms. The number of esters is 3. The summed E-state index contributed by atoms with van der Waals surface area (Å²) in [6.45, 7) is 4.18. The first-order valence-electron chi connectivity index (χ1n) is 29.1. The lowest BCUT2D eigenvalue weighted by atomic mass is 10.1. The number of ether oxygens (including phenoxy) is 3. The lowest BCUT2D eigenvalue weighted by Crippen LogP contribution is -2.30. The van der Waals surface area contributed by atoms with Crippen LogP contribution in [0, 0.1) is 0 Å². The Morgan fingerprint density at radius 2 is 0.737 bits per heavy atom. The number of rotatable bonds is 52. The molecule has 0 heterocycles. The highest BCUT2D eigenvalue weighted by Crippen LogP contribution is 2.43. The van der Waals surface area contributed by atoms with E-state index in [1.54, 1.807) is 12.2 Å². The molecule has 11 nitrogen and oxygen atoms in total. The minimum atomic E-state index is -4.80. The average Bonchev–Trinajstić information content (AvgIpc) is 3.41. The van der Waals surface area contributed by atoms with Crippen molar-refractivity contribution in [1.29, 1.82) is 0 Å². The van der Waals surface area contributed by atoms with Gasteiger partial charge in [0.05, 0.1) is 32.7 Å². The van der Waals surface area contributed by atoms with Gasteiger partial charge in [-0.2, -0.15) is 0 Å². The van der Waals surface area contributed by atoms with Gasteiger partial charge in [-0.15, -0.1) is 0 Å². The van der Waals surface area contributed by atoms with Gasteiger partial charge in [0.15, 0.2) is 6.10 Å². The highest BCUT2D eigenvalue weighted by Gasteiger charge is 2.28. The van der Waals surface area contributed by atoms with Crippen LogP contribution in [0.1, 0.15) is 213 Å². The third-order valence-electron chi connectivity index (χ3n) is 11.6. The zero-order chi connectivity index (χ0) is 55.5. The van der Waals surface area contributed by atoms with Crippen molar-refractivity contribution in [1.82, 2.24) is 0 Å². The van der Waals surface area contributed by atoms with Crippen molar-refractivity contribution in [2.24, 2.45) is 0 Å². The second kappa shape index (κ2) is 56.8. The van der Waals surface area contributed by atoms with Crippen LogP contribution in [-0.4, -0.2) is 66.5 Å². The summed E-state index contributed by atoms with van der Waals surface area (Å²) >= 11 is 0. The van der Waals surface area contributed by atoms with Gasteiger partial charge in [-0.05, 0) is 96.3 Å². The summed E-state index contributed by atoms with van der Waals surface area (Å²) in [5, 5.41) is 9.79. The summed E-state index contributed by atoms with van der Waals surface area (Å²) in [5.41, 5.74) is 0. The number of aliphatic hydroxyl groups is 1. The van der Waals surface area contributed by atoms with Gasteiger partial charge in [-0.25, -0.2) is 4.57 Å². The molecule has 0 aliphatic rings. The van der Waals surface area contributed by atoms with Crippen LogP contribution in [0.2, 0.25) is 0 Å². The maximum absolute atomic E-state index is 12.9. The number of unbranched alkanes of at least 4 members (excludes halogenated alkanes) is 15. The Bertz CT molecular complexity index is 1780. The molecule has 3 unspecified atom stereocenters. The number of phosphoric acid groups is 1. The van der Waals surface area contributed by atoms with Crippen LogP contribution < -0.4 is 0 Å². The fraction of sp³-hybridized carbons (Fsp3) is 0.609. The normalized spacial score (nSPS) is 14.3. The van der Waals surface area contributed by atoms with Crippen LogP contribution >= 0.6 is 7.82 Å². The minimum Gasteiger partial charge on any atom is -0.461 e. The Hall–Kier alpha value is -4.38. The Kier molecular flexibility index (Phi) is 53.5. The first-order valence-corrected chi connectivity index (χ1v) is 30.6. The van der Waals surface area contributed by atoms with Gasteiger partial charge in [0, 0.05) is 6.42 Å². The molecule has 0 aromatic heterocycles. The van der Waals surface area contributed by atoms with Gasteiger partial charge in [0.2, 0.25) is 0 Å². The van der Waals surface area contributed by atoms with Crippen molar-refractivity contribution in [3.8, 4) is 0 Å². The quantitative estimate of drug-likeness (QED) is 0.0197. The van der Waals surface area contributed by atoms with E-state index in [1.807, 2.05) is 30.4 Å². The Morgan fingerprint density at radius 3 is 1.14 bits per heavy atom. The van der Waals surface area contributed by atoms with Gasteiger partial charge in [0.25, 0.3) is 0 Å². The van der Waals surface area contributed by atoms with Gasteiger partial charge < -0.3 is 24.2 Å². The highest BCUT2D eigenvalue weighted by atomic mass is 31.2. The zero-order valence-corrected chi connectivity index (χ0v) is 48.3. The molecular weight excluding hydrogens is 976 g/mol. The molecule has 0 spiro atoms. The second-order valence-electron chi connectivity index (χ2n) is 18.7. The van der Waals surface area contributed by atoms with Gasteiger partial charge in [-0.3, -0.25) is 23.4 Å². The van der Waals surface area contributed by atoms with E-state index < -0.39 is 64.4 Å². The summed E-state index contributed by atoms with van der Waals surface area (Å²) in [6, 6.07) is 0. The van der Waals surface area contributed by atoms with Crippen LogP contribution in [0.4, 0.5) is 0 Å². The van der Waals surface area contributed by atoms with E-state index in [4.69, 9.17) is 23.3 Å². The van der Waals surface area contributed by atoms with Gasteiger partial charge in [0.1, 0.15) is 12.7 Å². The van der Waals surface area contributed by atoms with Gasteiger partial charge >= 0.3 is 25.7 Å². The lowest BCUT2D eigenvalue weighted by molar-refractivity contribution is -0.161. The van der Waals surface area contributed by atoms with E-state index in [9.17, 15) is 28.9 Å². The fourth-order valence-corrected chi connectivity index (χ4v) is 8.05. The topological polar surface area (TPSA) is 155 Å². The number of carbonyl (C=O) groups excluding carboxylic acids is 3. The summed E-state index contributed by atoms with van der Waals surface area (Å²) in [6.07, 6.45) is 71.9. The molecule has 0 aromatic rings. The molecule has 0 aromatic carbocycles. The monoisotopic (exact) mass is 1080 g/mol. The molecule has 0 rings (SSSR count). The maximum Gasteiger partial charge on any atom is 0.472 e. The highest BCUT2D eigenvalue weighted by molar-refractivity contribution is 7.47. The molecule has 0 saturated heterocycles. The molecule has 2 N–H and O–H groups in total. The summed E-state index contributed by atoms with van der Waals surface area (Å²) in [4.78, 5) is 48.4.